The minimum absolute atomic E-state index is 0.0529. The lowest BCUT2D eigenvalue weighted by Crippen LogP contribution is -2.15. The molecule has 0 bridgehead atoms. The van der Waals surface area contributed by atoms with Crippen LogP contribution in [0.1, 0.15) is 24.2 Å². The highest BCUT2D eigenvalue weighted by molar-refractivity contribution is 6.05. The molecule has 2 N–H and O–H groups in total. The molecule has 1 heterocycles. The lowest BCUT2D eigenvalue weighted by atomic mass is 10.2. The number of carbonyl (C=O) groups is 1. The van der Waals surface area contributed by atoms with Gasteiger partial charge in [-0.1, -0.05) is 18.2 Å². The Morgan fingerprint density at radius 2 is 1.75 bits per heavy atom. The van der Waals surface area contributed by atoms with E-state index in [0.717, 1.165) is 12.1 Å². The smallest absolute Gasteiger partial charge is 0.257 e. The molecule has 0 atom stereocenters. The van der Waals surface area contributed by atoms with Crippen LogP contribution < -0.4 is 15.4 Å². The molecule has 0 aliphatic carbocycles. The number of benzene rings is 2. The van der Waals surface area contributed by atoms with Crippen LogP contribution in [0.5, 0.6) is 5.75 Å². The van der Waals surface area contributed by atoms with E-state index in [-0.39, 0.29) is 23.0 Å². The molecule has 0 saturated heterocycles. The number of aromatic nitrogens is 1. The fourth-order valence-corrected chi connectivity index (χ4v) is 2.52. The summed E-state index contributed by atoms with van der Waals surface area (Å²) in [5.41, 5.74) is 0.710. The SMILES string of the molecule is CC(C)Oc1ccccc1NC(=O)c1cncc(Nc2c(F)cccc2F)c1. The normalized spacial score (nSPS) is 10.6. The Bertz CT molecular complexity index is 973. The maximum atomic E-state index is 13.8. The Kier molecular flexibility index (Phi) is 5.84. The van der Waals surface area contributed by atoms with Crippen molar-refractivity contribution in [2.24, 2.45) is 0 Å². The summed E-state index contributed by atoms with van der Waals surface area (Å²) in [5, 5.41) is 5.39. The first-order valence-electron chi connectivity index (χ1n) is 8.67. The summed E-state index contributed by atoms with van der Waals surface area (Å²) >= 11 is 0. The van der Waals surface area contributed by atoms with Crippen LogP contribution in [-0.4, -0.2) is 17.0 Å². The zero-order valence-corrected chi connectivity index (χ0v) is 15.4. The molecule has 0 fully saturated rings. The van der Waals surface area contributed by atoms with Crippen molar-refractivity contribution in [3.8, 4) is 5.75 Å². The highest BCUT2D eigenvalue weighted by atomic mass is 19.1. The number of halogens is 2. The fraction of sp³-hybridized carbons (Fsp3) is 0.143. The molecule has 0 aliphatic heterocycles. The second-order valence-corrected chi connectivity index (χ2v) is 6.30. The fourth-order valence-electron chi connectivity index (χ4n) is 2.52. The van der Waals surface area contributed by atoms with Gasteiger partial charge in [0.1, 0.15) is 23.1 Å². The summed E-state index contributed by atoms with van der Waals surface area (Å²) in [7, 11) is 0. The largest absolute Gasteiger partial charge is 0.489 e. The van der Waals surface area contributed by atoms with Gasteiger partial charge in [0, 0.05) is 6.20 Å². The molecule has 3 rings (SSSR count). The molecule has 0 aliphatic rings. The first-order valence-corrected chi connectivity index (χ1v) is 8.67. The third kappa shape index (κ3) is 4.62. The summed E-state index contributed by atoms with van der Waals surface area (Å²) in [5.74, 6) is -1.37. The molecule has 7 heteroatoms. The molecule has 5 nitrogen and oxygen atoms in total. The predicted octanol–water partition coefficient (Wildman–Crippen LogP) is 5.14. The van der Waals surface area contributed by atoms with Crippen LogP contribution >= 0.6 is 0 Å². The van der Waals surface area contributed by atoms with Crippen molar-refractivity contribution < 1.29 is 18.3 Å². The average molecular weight is 383 g/mol. The lowest BCUT2D eigenvalue weighted by molar-refractivity contribution is 0.102. The standard InChI is InChI=1S/C21H19F2N3O2/c1-13(2)28-19-9-4-3-8-18(19)26-21(27)14-10-15(12-24-11-14)25-20-16(22)6-5-7-17(20)23/h3-13,25H,1-2H3,(H,26,27). The molecule has 1 amide bonds. The van der Waals surface area contributed by atoms with Gasteiger partial charge in [-0.3, -0.25) is 9.78 Å². The summed E-state index contributed by atoms with van der Waals surface area (Å²) in [6, 6.07) is 12.1. The molecule has 1 aromatic heterocycles. The van der Waals surface area contributed by atoms with Crippen molar-refractivity contribution >= 4 is 23.0 Å². The molecule has 28 heavy (non-hydrogen) atoms. The minimum atomic E-state index is -0.741. The number of para-hydroxylation sites is 3. The number of ether oxygens (including phenoxy) is 1. The molecular weight excluding hydrogens is 364 g/mol. The maximum absolute atomic E-state index is 13.8. The number of amides is 1. The van der Waals surface area contributed by atoms with E-state index in [0.29, 0.717) is 11.4 Å². The van der Waals surface area contributed by atoms with Crippen LogP contribution in [0.25, 0.3) is 0 Å². The number of rotatable bonds is 6. The van der Waals surface area contributed by atoms with E-state index in [9.17, 15) is 13.6 Å². The van der Waals surface area contributed by atoms with Gasteiger partial charge in [0.05, 0.1) is 29.2 Å². The van der Waals surface area contributed by atoms with Crippen LogP contribution in [0, 0.1) is 11.6 Å². The van der Waals surface area contributed by atoms with Gasteiger partial charge in [-0.2, -0.15) is 0 Å². The van der Waals surface area contributed by atoms with E-state index < -0.39 is 17.5 Å². The predicted molar refractivity (Wildman–Crippen MR) is 104 cm³/mol. The highest BCUT2D eigenvalue weighted by Gasteiger charge is 2.13. The summed E-state index contributed by atoms with van der Waals surface area (Å²) in [6.07, 6.45) is 2.69. The van der Waals surface area contributed by atoms with Gasteiger partial charge in [0.2, 0.25) is 0 Å². The molecule has 0 unspecified atom stereocenters. The van der Waals surface area contributed by atoms with E-state index in [1.807, 2.05) is 19.9 Å². The Morgan fingerprint density at radius 3 is 2.46 bits per heavy atom. The zero-order valence-electron chi connectivity index (χ0n) is 15.4. The Balaban J connectivity index is 1.80. The summed E-state index contributed by atoms with van der Waals surface area (Å²) in [4.78, 5) is 16.6. The molecule has 144 valence electrons. The van der Waals surface area contributed by atoms with Gasteiger partial charge in [0.25, 0.3) is 5.91 Å². The van der Waals surface area contributed by atoms with Crippen LogP contribution in [0.4, 0.5) is 25.8 Å². The summed E-state index contributed by atoms with van der Waals surface area (Å²) in [6.45, 7) is 3.78. The topological polar surface area (TPSA) is 63.2 Å². The molecule has 0 spiro atoms. The van der Waals surface area contributed by atoms with Crippen molar-refractivity contribution in [2.45, 2.75) is 20.0 Å². The zero-order chi connectivity index (χ0) is 20.1. The number of pyridine rings is 1. The quantitative estimate of drug-likeness (QED) is 0.618. The van der Waals surface area contributed by atoms with E-state index in [1.165, 1.54) is 24.5 Å². The van der Waals surface area contributed by atoms with Gasteiger partial charge < -0.3 is 15.4 Å². The van der Waals surface area contributed by atoms with E-state index >= 15 is 0 Å². The number of hydrogen-bond donors (Lipinski definition) is 2. The monoisotopic (exact) mass is 383 g/mol. The van der Waals surface area contributed by atoms with Gasteiger partial charge in [-0.05, 0) is 44.2 Å². The van der Waals surface area contributed by atoms with Gasteiger partial charge in [-0.15, -0.1) is 0 Å². The summed E-state index contributed by atoms with van der Waals surface area (Å²) < 4.78 is 33.3. The first kappa shape index (κ1) is 19.3. The second-order valence-electron chi connectivity index (χ2n) is 6.30. The molecule has 2 aromatic carbocycles. The maximum Gasteiger partial charge on any atom is 0.257 e. The first-order chi connectivity index (χ1) is 13.4. The molecule has 0 radical (unpaired) electrons. The molecular formula is C21H19F2N3O2. The highest BCUT2D eigenvalue weighted by Crippen LogP contribution is 2.26. The molecule has 3 aromatic rings. The van der Waals surface area contributed by atoms with Crippen LogP contribution in [-0.2, 0) is 0 Å². The minimum Gasteiger partial charge on any atom is -0.489 e. The number of nitrogens with one attached hydrogen (secondary N) is 2. The van der Waals surface area contributed by atoms with Crippen molar-refractivity contribution in [1.29, 1.82) is 0 Å². The third-order valence-electron chi connectivity index (χ3n) is 3.73. The van der Waals surface area contributed by atoms with Crippen LogP contribution in [0.15, 0.2) is 60.9 Å². The van der Waals surface area contributed by atoms with Gasteiger partial charge >= 0.3 is 0 Å². The van der Waals surface area contributed by atoms with Crippen LogP contribution in [0.2, 0.25) is 0 Å². The number of anilines is 3. The number of hydrogen-bond acceptors (Lipinski definition) is 4. The van der Waals surface area contributed by atoms with E-state index in [1.54, 1.807) is 18.2 Å². The molecule has 0 saturated carbocycles. The number of carbonyl (C=O) groups excluding carboxylic acids is 1. The Morgan fingerprint density at radius 1 is 1.04 bits per heavy atom. The van der Waals surface area contributed by atoms with E-state index in [4.69, 9.17) is 4.74 Å². The van der Waals surface area contributed by atoms with Crippen molar-refractivity contribution in [2.75, 3.05) is 10.6 Å². The van der Waals surface area contributed by atoms with Crippen molar-refractivity contribution in [3.05, 3.63) is 78.1 Å². The second kappa shape index (κ2) is 8.47. The van der Waals surface area contributed by atoms with Crippen molar-refractivity contribution in [3.63, 3.8) is 0 Å². The van der Waals surface area contributed by atoms with E-state index in [2.05, 4.69) is 15.6 Å². The Hall–Kier alpha value is -3.48. The van der Waals surface area contributed by atoms with Crippen LogP contribution in [0.3, 0.4) is 0 Å². The number of nitrogens with zero attached hydrogens (tertiary/aromatic N) is 1. The lowest BCUT2D eigenvalue weighted by Gasteiger charge is -2.15. The van der Waals surface area contributed by atoms with Gasteiger partial charge in [-0.25, -0.2) is 8.78 Å². The van der Waals surface area contributed by atoms with Gasteiger partial charge in [0.15, 0.2) is 0 Å². The van der Waals surface area contributed by atoms with Crippen molar-refractivity contribution in [1.82, 2.24) is 4.98 Å². The average Bonchev–Trinajstić information content (AvgIpc) is 2.66. The Labute approximate surface area is 161 Å². The third-order valence-corrected chi connectivity index (χ3v) is 3.73.